The Balaban J connectivity index is 0. The molecular weight excluding hydrogens is 493 g/mol. The molecule has 0 saturated heterocycles. The molecule has 7 heteroatoms. The van der Waals surface area contributed by atoms with E-state index in [2.05, 4.69) is 79.9 Å². The summed E-state index contributed by atoms with van der Waals surface area (Å²) in [7, 11) is -2.69. The molecule has 37 heavy (non-hydrogen) atoms. The topological polar surface area (TPSA) is 62.8 Å². The predicted octanol–water partition coefficient (Wildman–Crippen LogP) is 7.21. The van der Waals surface area contributed by atoms with Crippen molar-refractivity contribution in [2.75, 3.05) is 26.2 Å². The summed E-state index contributed by atoms with van der Waals surface area (Å²) in [6.07, 6.45) is 4.03. The van der Waals surface area contributed by atoms with Crippen LogP contribution in [0, 0.1) is 17.8 Å². The highest BCUT2D eigenvalue weighted by Gasteiger charge is 2.39. The van der Waals surface area contributed by atoms with E-state index in [4.69, 9.17) is 14.0 Å². The van der Waals surface area contributed by atoms with Gasteiger partial charge in [0.25, 0.3) is 0 Å². The maximum Gasteiger partial charge on any atom is 0.338 e. The zero-order valence-corrected chi connectivity index (χ0v) is 29.4. The molecule has 0 aliphatic carbocycles. The lowest BCUT2D eigenvalue weighted by atomic mass is 10.3. The highest BCUT2D eigenvalue weighted by molar-refractivity contribution is 6.67. The van der Waals surface area contributed by atoms with E-state index in [1.807, 2.05) is 0 Å². The summed E-state index contributed by atoms with van der Waals surface area (Å²) in [6, 6.07) is 6.73. The predicted molar refractivity (Wildman–Crippen MR) is 171 cm³/mol. The van der Waals surface area contributed by atoms with Gasteiger partial charge in [-0.25, -0.2) is 0 Å². The van der Waals surface area contributed by atoms with Crippen LogP contribution < -0.4 is 10.6 Å². The quantitative estimate of drug-likeness (QED) is 0.0961. The molecule has 0 heterocycles. The van der Waals surface area contributed by atoms with Crippen molar-refractivity contribution >= 4 is 17.4 Å². The van der Waals surface area contributed by atoms with E-state index < -0.39 is 17.4 Å². The SMILES string of the molecule is CC(C)C[SiH](CCCNCCCNCCC[Si](CC(C)C)(OC(C)C)OC(C)C)CC(C)C.CC(C)O. The number of aliphatic hydroxyl groups excluding tert-OH is 1. The van der Waals surface area contributed by atoms with Crippen molar-refractivity contribution in [1.29, 1.82) is 0 Å². The minimum Gasteiger partial charge on any atom is -0.394 e. The Morgan fingerprint density at radius 3 is 1.41 bits per heavy atom. The summed E-state index contributed by atoms with van der Waals surface area (Å²) >= 11 is 0. The first-order valence-electron chi connectivity index (χ1n) is 15.6. The number of nitrogens with one attached hydrogen (secondary N) is 2. The van der Waals surface area contributed by atoms with Crippen LogP contribution in [0.25, 0.3) is 0 Å². The largest absolute Gasteiger partial charge is 0.394 e. The zero-order valence-electron chi connectivity index (χ0n) is 27.3. The summed E-state index contributed by atoms with van der Waals surface area (Å²) in [5.41, 5.74) is 0. The zero-order chi connectivity index (χ0) is 28.9. The van der Waals surface area contributed by atoms with E-state index in [9.17, 15) is 0 Å². The minimum atomic E-state index is -2.15. The number of aliphatic hydroxyl groups is 1. The fraction of sp³-hybridized carbons (Fsp3) is 1.00. The van der Waals surface area contributed by atoms with Gasteiger partial charge in [-0.2, -0.15) is 0 Å². The fourth-order valence-corrected chi connectivity index (χ4v) is 13.6. The van der Waals surface area contributed by atoms with E-state index in [-0.39, 0.29) is 18.3 Å². The standard InChI is InChI=1S/C27H62N2O2Si2.C3H8O/c1-23(2)20-32(21-24(3)4)18-12-16-28-14-11-15-29-17-13-19-33(22-25(5)6,30-26(7)8)31-27(9)10;1-3(2)4/h23-29,32H,11-22H2,1-10H3;3-4H,1-2H3. The third-order valence-corrected chi connectivity index (χ3v) is 14.6. The molecule has 0 saturated carbocycles. The van der Waals surface area contributed by atoms with Crippen LogP contribution in [0.2, 0.25) is 30.2 Å². The third kappa shape index (κ3) is 29.0. The van der Waals surface area contributed by atoms with Gasteiger partial charge in [0, 0.05) is 27.1 Å². The summed E-state index contributed by atoms with van der Waals surface area (Å²) in [6.45, 7) is 30.7. The molecule has 0 aliphatic heterocycles. The van der Waals surface area contributed by atoms with Crippen molar-refractivity contribution in [2.24, 2.45) is 17.8 Å². The minimum absolute atomic E-state index is 0.167. The van der Waals surface area contributed by atoms with Crippen LogP contribution in [-0.4, -0.2) is 67.0 Å². The molecule has 0 aromatic rings. The molecule has 0 fully saturated rings. The Labute approximate surface area is 236 Å². The Hall–Kier alpha value is 0.234. The van der Waals surface area contributed by atoms with Crippen molar-refractivity contribution < 1.29 is 14.0 Å². The molecule has 0 rings (SSSR count). The lowest BCUT2D eigenvalue weighted by Gasteiger charge is -2.35. The Bertz CT molecular complexity index is 450. The maximum atomic E-state index is 8.06. The molecule has 0 atom stereocenters. The van der Waals surface area contributed by atoms with Crippen LogP contribution in [0.15, 0.2) is 0 Å². The van der Waals surface area contributed by atoms with Crippen LogP contribution in [0.1, 0.15) is 102 Å². The summed E-state index contributed by atoms with van der Waals surface area (Å²) < 4.78 is 13.0. The van der Waals surface area contributed by atoms with Gasteiger partial charge in [-0.15, -0.1) is 0 Å². The van der Waals surface area contributed by atoms with Crippen molar-refractivity contribution in [1.82, 2.24) is 10.6 Å². The molecule has 0 aliphatic rings. The van der Waals surface area contributed by atoms with Gasteiger partial charge < -0.3 is 24.6 Å². The second-order valence-corrected chi connectivity index (χ2v) is 19.6. The van der Waals surface area contributed by atoms with E-state index in [1.165, 1.54) is 37.5 Å². The van der Waals surface area contributed by atoms with E-state index in [0.29, 0.717) is 5.92 Å². The van der Waals surface area contributed by atoms with Gasteiger partial charge in [-0.05, 0) is 117 Å². The average molecular weight is 563 g/mol. The van der Waals surface area contributed by atoms with Crippen LogP contribution in [0.3, 0.4) is 0 Å². The fourth-order valence-electron chi connectivity index (χ4n) is 5.08. The highest BCUT2D eigenvalue weighted by atomic mass is 28.4. The third-order valence-electron chi connectivity index (χ3n) is 5.81. The van der Waals surface area contributed by atoms with Gasteiger partial charge >= 0.3 is 8.56 Å². The van der Waals surface area contributed by atoms with Gasteiger partial charge in [-0.3, -0.25) is 0 Å². The molecule has 226 valence electrons. The maximum absolute atomic E-state index is 8.06. The summed E-state index contributed by atoms with van der Waals surface area (Å²) in [5.74, 6) is 2.37. The molecule has 3 N–H and O–H groups in total. The Morgan fingerprint density at radius 1 is 0.622 bits per heavy atom. The normalized spacial score (nSPS) is 12.6. The van der Waals surface area contributed by atoms with Crippen molar-refractivity contribution in [3.8, 4) is 0 Å². The highest BCUT2D eigenvalue weighted by Crippen LogP contribution is 2.28. The molecular formula is C30H70N2O3Si2. The molecule has 0 amide bonds. The number of rotatable bonds is 22. The van der Waals surface area contributed by atoms with Gasteiger partial charge in [0.2, 0.25) is 0 Å². The second-order valence-electron chi connectivity index (χ2n) is 13.2. The Kier molecular flexibility index (Phi) is 25.6. The van der Waals surface area contributed by atoms with Crippen molar-refractivity contribution in [2.45, 2.75) is 151 Å². The first-order valence-corrected chi connectivity index (χ1v) is 20.3. The monoisotopic (exact) mass is 562 g/mol. The van der Waals surface area contributed by atoms with Crippen molar-refractivity contribution in [3.63, 3.8) is 0 Å². The first-order chi connectivity index (χ1) is 17.2. The van der Waals surface area contributed by atoms with Crippen LogP contribution in [-0.2, 0) is 8.85 Å². The van der Waals surface area contributed by atoms with Crippen molar-refractivity contribution in [3.05, 3.63) is 0 Å². The molecule has 0 aromatic heterocycles. The summed E-state index contributed by atoms with van der Waals surface area (Å²) in [5, 5.41) is 15.4. The average Bonchev–Trinajstić information content (AvgIpc) is 2.68. The van der Waals surface area contributed by atoms with Gasteiger partial charge in [0.1, 0.15) is 0 Å². The number of hydrogen-bond acceptors (Lipinski definition) is 5. The molecule has 0 radical (unpaired) electrons. The molecule has 0 spiro atoms. The molecule has 5 nitrogen and oxygen atoms in total. The Morgan fingerprint density at radius 2 is 1.03 bits per heavy atom. The van der Waals surface area contributed by atoms with Crippen LogP contribution >= 0.6 is 0 Å². The lowest BCUT2D eigenvalue weighted by Crippen LogP contribution is -2.47. The summed E-state index contributed by atoms with van der Waals surface area (Å²) in [4.78, 5) is 0. The molecule has 0 bridgehead atoms. The first kappa shape index (κ1) is 39.4. The van der Waals surface area contributed by atoms with E-state index >= 15 is 0 Å². The van der Waals surface area contributed by atoms with Crippen LogP contribution in [0.5, 0.6) is 0 Å². The number of hydrogen-bond donors (Lipinski definition) is 3. The van der Waals surface area contributed by atoms with E-state index in [1.54, 1.807) is 13.8 Å². The van der Waals surface area contributed by atoms with Gasteiger partial charge in [0.05, 0.1) is 0 Å². The smallest absolute Gasteiger partial charge is 0.338 e. The lowest BCUT2D eigenvalue weighted by molar-refractivity contribution is 0.101. The van der Waals surface area contributed by atoms with E-state index in [0.717, 1.165) is 50.0 Å². The molecule has 0 unspecified atom stereocenters. The van der Waals surface area contributed by atoms with Crippen LogP contribution in [0.4, 0.5) is 0 Å². The van der Waals surface area contributed by atoms with Gasteiger partial charge in [-0.1, -0.05) is 59.7 Å². The second kappa shape index (κ2) is 24.1. The molecule has 0 aromatic carbocycles. The van der Waals surface area contributed by atoms with Gasteiger partial charge in [0.15, 0.2) is 0 Å².